The van der Waals surface area contributed by atoms with E-state index < -0.39 is 41.6 Å². The molecule has 5 nitrogen and oxygen atoms in total. The van der Waals surface area contributed by atoms with Gasteiger partial charge in [-0.2, -0.15) is 0 Å². The summed E-state index contributed by atoms with van der Waals surface area (Å²) in [6.45, 7) is 1.41. The van der Waals surface area contributed by atoms with Gasteiger partial charge in [-0.1, -0.05) is 15.9 Å². The van der Waals surface area contributed by atoms with Crippen molar-refractivity contribution in [1.82, 2.24) is 0 Å². The van der Waals surface area contributed by atoms with Crippen LogP contribution in [0.15, 0.2) is 22.7 Å². The lowest BCUT2D eigenvalue weighted by atomic mass is 10.1. The molecular weight excluding hydrogens is 373 g/mol. The van der Waals surface area contributed by atoms with E-state index in [0.29, 0.717) is 4.47 Å². The molecule has 22 heavy (non-hydrogen) atoms. The van der Waals surface area contributed by atoms with Crippen molar-refractivity contribution in [3.05, 3.63) is 28.2 Å². The smallest absolute Gasteiger partial charge is 0.460 e. The van der Waals surface area contributed by atoms with Crippen LogP contribution < -0.4 is 4.74 Å². The maximum absolute atomic E-state index is 12.3. The maximum atomic E-state index is 12.3. The Morgan fingerprint density at radius 1 is 1.23 bits per heavy atom. The number of benzene rings is 1. The summed E-state index contributed by atoms with van der Waals surface area (Å²) in [6, 6.07) is 3.24. The molecule has 0 saturated heterocycles. The second kappa shape index (κ2) is 7.39. The summed E-state index contributed by atoms with van der Waals surface area (Å²) in [5.41, 5.74) is -0.468. The molecule has 0 N–H and O–H groups in total. The normalized spacial score (nSPS) is 11.0. The molecule has 0 fully saturated rings. The predicted molar refractivity (Wildman–Crippen MR) is 71.4 cm³/mol. The third-order valence-corrected chi connectivity index (χ3v) is 2.79. The van der Waals surface area contributed by atoms with Gasteiger partial charge in [0.15, 0.2) is 5.78 Å². The standard InChI is InChI=1S/C13H10BrF3O5/c1-2-21-12(20)10(19)6-9(18)8-5-7(14)3-4-11(8)22-13(15,16)17/h3-5H,2,6H2,1H3. The molecule has 0 unspecified atom stereocenters. The number of hydrogen-bond donors (Lipinski definition) is 0. The lowest BCUT2D eigenvalue weighted by Crippen LogP contribution is -2.22. The molecule has 1 aromatic carbocycles. The highest BCUT2D eigenvalue weighted by atomic mass is 79.9. The number of rotatable bonds is 6. The highest BCUT2D eigenvalue weighted by molar-refractivity contribution is 9.10. The number of Topliss-reactive ketones (excluding diaryl/α,β-unsaturated/α-hetero) is 2. The fraction of sp³-hybridized carbons (Fsp3) is 0.308. The molecule has 0 heterocycles. The van der Waals surface area contributed by atoms with Gasteiger partial charge in [0.1, 0.15) is 5.75 Å². The summed E-state index contributed by atoms with van der Waals surface area (Å²) in [7, 11) is 0. The number of alkyl halides is 3. The fourth-order valence-corrected chi connectivity index (χ4v) is 1.82. The molecule has 0 aliphatic rings. The van der Waals surface area contributed by atoms with Crippen LogP contribution >= 0.6 is 15.9 Å². The van der Waals surface area contributed by atoms with Gasteiger partial charge in [-0.3, -0.25) is 9.59 Å². The van der Waals surface area contributed by atoms with E-state index in [1.807, 2.05) is 0 Å². The summed E-state index contributed by atoms with van der Waals surface area (Å²) in [4.78, 5) is 34.5. The highest BCUT2D eigenvalue weighted by Gasteiger charge is 2.33. The van der Waals surface area contributed by atoms with E-state index in [2.05, 4.69) is 25.4 Å². The predicted octanol–water partition coefficient (Wildman–Crippen LogP) is 3.05. The van der Waals surface area contributed by atoms with Crippen LogP contribution in [0.1, 0.15) is 23.7 Å². The van der Waals surface area contributed by atoms with Crippen LogP contribution in [-0.2, 0) is 14.3 Å². The third-order valence-electron chi connectivity index (χ3n) is 2.29. The van der Waals surface area contributed by atoms with E-state index >= 15 is 0 Å². The molecule has 0 saturated carbocycles. The van der Waals surface area contributed by atoms with Gasteiger partial charge in [-0.15, -0.1) is 13.2 Å². The van der Waals surface area contributed by atoms with Gasteiger partial charge in [0.05, 0.1) is 18.6 Å². The fourth-order valence-electron chi connectivity index (χ4n) is 1.46. The van der Waals surface area contributed by atoms with E-state index in [0.717, 1.165) is 12.1 Å². The van der Waals surface area contributed by atoms with Crippen molar-refractivity contribution < 1.29 is 37.0 Å². The SMILES string of the molecule is CCOC(=O)C(=O)CC(=O)c1cc(Br)ccc1OC(F)(F)F. The summed E-state index contributed by atoms with van der Waals surface area (Å²) in [6.07, 6.45) is -5.91. The molecule has 0 aliphatic carbocycles. The summed E-state index contributed by atoms with van der Waals surface area (Å²) >= 11 is 3.00. The van der Waals surface area contributed by atoms with Gasteiger partial charge in [0, 0.05) is 4.47 Å². The van der Waals surface area contributed by atoms with Crippen LogP contribution in [0.25, 0.3) is 0 Å². The van der Waals surface area contributed by atoms with Crippen molar-refractivity contribution >= 4 is 33.5 Å². The molecule has 0 amide bonds. The second-order valence-corrected chi connectivity index (χ2v) is 4.85. The van der Waals surface area contributed by atoms with E-state index in [-0.39, 0.29) is 6.61 Å². The molecule has 0 radical (unpaired) electrons. The van der Waals surface area contributed by atoms with Crippen molar-refractivity contribution in [3.63, 3.8) is 0 Å². The number of carbonyl (C=O) groups is 3. The summed E-state index contributed by atoms with van der Waals surface area (Å²) in [5.74, 6) is -4.11. The quantitative estimate of drug-likeness (QED) is 0.327. The molecule has 0 spiro atoms. The molecule has 0 aliphatic heterocycles. The molecule has 120 valence electrons. The number of carbonyl (C=O) groups excluding carboxylic acids is 3. The third kappa shape index (κ3) is 5.47. The minimum absolute atomic E-state index is 0.0575. The Labute approximate surface area is 131 Å². The Hall–Kier alpha value is -1.90. The van der Waals surface area contributed by atoms with E-state index in [1.54, 1.807) is 0 Å². The summed E-state index contributed by atoms with van der Waals surface area (Å²) in [5, 5.41) is 0. The molecule has 9 heteroatoms. The lowest BCUT2D eigenvalue weighted by Gasteiger charge is -2.12. The van der Waals surface area contributed by atoms with Crippen molar-refractivity contribution in [3.8, 4) is 5.75 Å². The Morgan fingerprint density at radius 2 is 1.86 bits per heavy atom. The maximum Gasteiger partial charge on any atom is 0.573 e. The van der Waals surface area contributed by atoms with Crippen molar-refractivity contribution in [2.75, 3.05) is 6.61 Å². The van der Waals surface area contributed by atoms with Crippen LogP contribution in [0, 0.1) is 0 Å². The number of halogens is 4. The van der Waals surface area contributed by atoms with Gasteiger partial charge in [0.2, 0.25) is 5.78 Å². The van der Waals surface area contributed by atoms with Crippen LogP contribution in [0.3, 0.4) is 0 Å². The van der Waals surface area contributed by atoms with Crippen LogP contribution in [0.4, 0.5) is 13.2 Å². The van der Waals surface area contributed by atoms with E-state index in [9.17, 15) is 27.6 Å². The van der Waals surface area contributed by atoms with Crippen LogP contribution in [0.2, 0.25) is 0 Å². The van der Waals surface area contributed by atoms with E-state index in [1.165, 1.54) is 13.0 Å². The average molecular weight is 383 g/mol. The largest absolute Gasteiger partial charge is 0.573 e. The molecule has 0 bridgehead atoms. The number of ketones is 2. The first-order valence-electron chi connectivity index (χ1n) is 5.92. The van der Waals surface area contributed by atoms with Crippen LogP contribution in [-0.4, -0.2) is 30.5 Å². The molecule has 1 rings (SSSR count). The van der Waals surface area contributed by atoms with Gasteiger partial charge < -0.3 is 9.47 Å². The van der Waals surface area contributed by atoms with Gasteiger partial charge in [-0.25, -0.2) is 4.79 Å². The van der Waals surface area contributed by atoms with Crippen molar-refractivity contribution in [1.29, 1.82) is 0 Å². The molecular formula is C13H10BrF3O5. The Kier molecular flexibility index (Phi) is 6.10. The zero-order chi connectivity index (χ0) is 16.9. The first-order valence-corrected chi connectivity index (χ1v) is 6.71. The van der Waals surface area contributed by atoms with Crippen LogP contribution in [0.5, 0.6) is 5.75 Å². The second-order valence-electron chi connectivity index (χ2n) is 3.93. The first-order chi connectivity index (χ1) is 10.1. The Bertz CT molecular complexity index is 598. The topological polar surface area (TPSA) is 69.7 Å². The Balaban J connectivity index is 2.99. The van der Waals surface area contributed by atoms with Gasteiger partial charge in [-0.05, 0) is 25.1 Å². The van der Waals surface area contributed by atoms with Crippen molar-refractivity contribution in [2.45, 2.75) is 19.7 Å². The lowest BCUT2D eigenvalue weighted by molar-refractivity contribution is -0.274. The van der Waals surface area contributed by atoms with Crippen molar-refractivity contribution in [2.24, 2.45) is 0 Å². The minimum Gasteiger partial charge on any atom is -0.460 e. The van der Waals surface area contributed by atoms with Gasteiger partial charge >= 0.3 is 12.3 Å². The molecule has 0 atom stereocenters. The zero-order valence-corrected chi connectivity index (χ0v) is 12.8. The van der Waals surface area contributed by atoms with E-state index in [4.69, 9.17) is 0 Å². The highest BCUT2D eigenvalue weighted by Crippen LogP contribution is 2.29. The number of hydrogen-bond acceptors (Lipinski definition) is 5. The average Bonchev–Trinajstić information content (AvgIpc) is 2.39. The first kappa shape index (κ1) is 18.1. The minimum atomic E-state index is -4.99. The monoisotopic (exact) mass is 382 g/mol. The Morgan fingerprint density at radius 3 is 2.41 bits per heavy atom. The number of esters is 1. The van der Waals surface area contributed by atoms with Gasteiger partial charge in [0.25, 0.3) is 0 Å². The molecule has 0 aromatic heterocycles. The number of ether oxygens (including phenoxy) is 2. The summed E-state index contributed by atoms with van der Waals surface area (Å²) < 4.78 is 45.3. The zero-order valence-electron chi connectivity index (χ0n) is 11.2. The molecule has 1 aromatic rings.